The monoisotopic (exact) mass is 276 g/mol. The topological polar surface area (TPSA) is 46.3 Å². The third kappa shape index (κ3) is 3.21. The van der Waals surface area contributed by atoms with E-state index >= 15 is 0 Å². The molecule has 0 bridgehead atoms. The zero-order valence-corrected chi connectivity index (χ0v) is 13.8. The van der Waals surface area contributed by atoms with Crippen LogP contribution in [0.3, 0.4) is 0 Å². The first-order chi connectivity index (χ1) is 8.98. The number of nitrogens with zero attached hydrogens (tertiary/aromatic N) is 1. The molecular weight excluding hydrogens is 248 g/mol. The molecule has 0 aliphatic heterocycles. The average Bonchev–Trinajstić information content (AvgIpc) is 2.35. The highest BCUT2D eigenvalue weighted by Gasteiger charge is 2.42. The molecule has 1 amide bonds. The van der Waals surface area contributed by atoms with Gasteiger partial charge in [0.25, 0.3) is 0 Å². The van der Waals surface area contributed by atoms with Crippen molar-refractivity contribution in [3.05, 3.63) is 35.4 Å². The van der Waals surface area contributed by atoms with Gasteiger partial charge in [-0.15, -0.1) is 0 Å². The second-order valence-electron chi connectivity index (χ2n) is 6.85. The highest BCUT2D eigenvalue weighted by Crippen LogP contribution is 2.33. The zero-order chi connectivity index (χ0) is 15.7. The molecule has 0 spiro atoms. The van der Waals surface area contributed by atoms with Crippen LogP contribution in [0.4, 0.5) is 0 Å². The van der Waals surface area contributed by atoms with Crippen molar-refractivity contribution in [2.24, 2.45) is 11.1 Å². The van der Waals surface area contributed by atoms with Gasteiger partial charge in [0.15, 0.2) is 0 Å². The molecule has 0 aromatic heterocycles. The molecule has 0 radical (unpaired) electrons. The van der Waals surface area contributed by atoms with Crippen LogP contribution in [0.1, 0.15) is 51.8 Å². The molecule has 1 atom stereocenters. The van der Waals surface area contributed by atoms with Crippen LogP contribution in [-0.2, 0) is 4.79 Å². The minimum Gasteiger partial charge on any atom is -0.338 e. The Labute approximate surface area is 123 Å². The molecule has 3 heteroatoms. The van der Waals surface area contributed by atoms with E-state index in [0.717, 1.165) is 5.56 Å². The second-order valence-corrected chi connectivity index (χ2v) is 6.85. The molecule has 20 heavy (non-hydrogen) atoms. The van der Waals surface area contributed by atoms with Crippen LogP contribution in [0.2, 0.25) is 0 Å². The number of hydrogen-bond donors (Lipinski definition) is 1. The number of rotatable bonds is 4. The van der Waals surface area contributed by atoms with Crippen LogP contribution in [-0.4, -0.2) is 23.4 Å². The Hall–Kier alpha value is -1.35. The van der Waals surface area contributed by atoms with Gasteiger partial charge >= 0.3 is 0 Å². The minimum absolute atomic E-state index is 0.0322. The highest BCUT2D eigenvalue weighted by molar-refractivity contribution is 5.83. The molecule has 0 heterocycles. The summed E-state index contributed by atoms with van der Waals surface area (Å²) in [5.41, 5.74) is 7.35. The molecule has 112 valence electrons. The summed E-state index contributed by atoms with van der Waals surface area (Å²) >= 11 is 0. The Morgan fingerprint density at radius 1 is 1.15 bits per heavy atom. The normalized spacial score (nSPS) is 14.0. The lowest BCUT2D eigenvalue weighted by molar-refractivity contribution is -0.144. The molecule has 0 aliphatic rings. The van der Waals surface area contributed by atoms with Crippen molar-refractivity contribution >= 4 is 5.91 Å². The van der Waals surface area contributed by atoms with E-state index in [9.17, 15) is 4.79 Å². The van der Waals surface area contributed by atoms with Gasteiger partial charge in [-0.05, 0) is 47.1 Å². The molecule has 0 aliphatic carbocycles. The third-order valence-electron chi connectivity index (χ3n) is 4.61. The van der Waals surface area contributed by atoms with Gasteiger partial charge in [0, 0.05) is 12.6 Å². The van der Waals surface area contributed by atoms with Crippen molar-refractivity contribution in [2.45, 2.75) is 53.1 Å². The fourth-order valence-corrected chi connectivity index (χ4v) is 1.96. The minimum atomic E-state index is -0.610. The SMILES string of the molecule is Cc1ccc(C(C)N(C)C(=O)C(C)(C)C(C)(C)N)cc1. The number of carbonyl (C=O) groups is 1. The Morgan fingerprint density at radius 2 is 1.60 bits per heavy atom. The molecule has 0 saturated heterocycles. The predicted octanol–water partition coefficient (Wildman–Crippen LogP) is 3.28. The van der Waals surface area contributed by atoms with E-state index in [2.05, 4.69) is 31.2 Å². The molecular formula is C17H28N2O. The first-order valence-electron chi connectivity index (χ1n) is 7.11. The van der Waals surface area contributed by atoms with Gasteiger partial charge in [-0.3, -0.25) is 4.79 Å². The maximum atomic E-state index is 12.7. The van der Waals surface area contributed by atoms with E-state index in [1.165, 1.54) is 5.56 Å². The molecule has 3 nitrogen and oxygen atoms in total. The van der Waals surface area contributed by atoms with Gasteiger partial charge < -0.3 is 10.6 Å². The summed E-state index contributed by atoms with van der Waals surface area (Å²) in [6.45, 7) is 11.7. The molecule has 1 unspecified atom stereocenters. The van der Waals surface area contributed by atoms with E-state index in [4.69, 9.17) is 5.73 Å². The Morgan fingerprint density at radius 3 is 2.00 bits per heavy atom. The number of aryl methyl sites for hydroxylation is 1. The van der Waals surface area contributed by atoms with Crippen LogP contribution in [0.25, 0.3) is 0 Å². The van der Waals surface area contributed by atoms with Crippen molar-refractivity contribution < 1.29 is 4.79 Å². The summed E-state index contributed by atoms with van der Waals surface area (Å²) in [5.74, 6) is 0.0677. The molecule has 1 aromatic carbocycles. The predicted molar refractivity (Wildman–Crippen MR) is 84.4 cm³/mol. The summed E-state index contributed by atoms with van der Waals surface area (Å²) in [6.07, 6.45) is 0. The molecule has 1 rings (SSSR count). The van der Waals surface area contributed by atoms with E-state index in [1.54, 1.807) is 4.90 Å². The van der Waals surface area contributed by atoms with Gasteiger partial charge in [0.2, 0.25) is 5.91 Å². The van der Waals surface area contributed by atoms with Crippen LogP contribution >= 0.6 is 0 Å². The van der Waals surface area contributed by atoms with Crippen LogP contribution in [0.15, 0.2) is 24.3 Å². The summed E-state index contributed by atoms with van der Waals surface area (Å²) in [7, 11) is 1.85. The highest BCUT2D eigenvalue weighted by atomic mass is 16.2. The number of hydrogen-bond acceptors (Lipinski definition) is 2. The first-order valence-corrected chi connectivity index (χ1v) is 7.11. The van der Waals surface area contributed by atoms with Gasteiger partial charge in [0.1, 0.15) is 0 Å². The lowest BCUT2D eigenvalue weighted by Gasteiger charge is -2.41. The molecule has 2 N–H and O–H groups in total. The Bertz CT molecular complexity index is 469. The largest absolute Gasteiger partial charge is 0.338 e. The first kappa shape index (κ1) is 16.7. The molecule has 1 aromatic rings. The maximum Gasteiger partial charge on any atom is 0.230 e. The van der Waals surface area contributed by atoms with Gasteiger partial charge in [-0.25, -0.2) is 0 Å². The summed E-state index contributed by atoms with van der Waals surface area (Å²) < 4.78 is 0. The smallest absolute Gasteiger partial charge is 0.230 e. The fraction of sp³-hybridized carbons (Fsp3) is 0.588. The number of carbonyl (C=O) groups excluding carboxylic acids is 1. The van der Waals surface area contributed by atoms with E-state index in [-0.39, 0.29) is 11.9 Å². The van der Waals surface area contributed by atoms with Crippen molar-refractivity contribution in [1.82, 2.24) is 4.90 Å². The zero-order valence-electron chi connectivity index (χ0n) is 13.8. The standard InChI is InChI=1S/C17H28N2O/c1-12-8-10-14(11-9-12)13(2)19(7)15(20)16(3,4)17(5,6)18/h8-11,13H,18H2,1-7H3. The summed E-state index contributed by atoms with van der Waals surface area (Å²) in [4.78, 5) is 14.5. The number of benzene rings is 1. The van der Waals surface area contributed by atoms with E-state index in [1.807, 2.05) is 41.7 Å². The van der Waals surface area contributed by atoms with Crippen LogP contribution in [0.5, 0.6) is 0 Å². The van der Waals surface area contributed by atoms with Crippen LogP contribution in [0, 0.1) is 12.3 Å². The Balaban J connectivity index is 2.97. The van der Waals surface area contributed by atoms with Gasteiger partial charge in [-0.2, -0.15) is 0 Å². The third-order valence-corrected chi connectivity index (χ3v) is 4.61. The van der Waals surface area contributed by atoms with Crippen molar-refractivity contribution in [3.63, 3.8) is 0 Å². The van der Waals surface area contributed by atoms with Crippen molar-refractivity contribution in [2.75, 3.05) is 7.05 Å². The molecule has 0 fully saturated rings. The van der Waals surface area contributed by atoms with Crippen LogP contribution < -0.4 is 5.73 Å². The van der Waals surface area contributed by atoms with E-state index in [0.29, 0.717) is 0 Å². The number of amides is 1. The van der Waals surface area contributed by atoms with E-state index < -0.39 is 11.0 Å². The lowest BCUT2D eigenvalue weighted by atomic mass is 9.74. The Kier molecular flexibility index (Phi) is 4.65. The van der Waals surface area contributed by atoms with Crippen molar-refractivity contribution in [1.29, 1.82) is 0 Å². The fourth-order valence-electron chi connectivity index (χ4n) is 1.96. The van der Waals surface area contributed by atoms with Crippen molar-refractivity contribution in [3.8, 4) is 0 Å². The average molecular weight is 276 g/mol. The summed E-state index contributed by atoms with van der Waals surface area (Å²) in [5, 5.41) is 0. The lowest BCUT2D eigenvalue weighted by Crippen LogP contribution is -2.56. The van der Waals surface area contributed by atoms with Gasteiger partial charge in [0.05, 0.1) is 11.5 Å². The number of nitrogens with two attached hydrogens (primary N) is 1. The van der Waals surface area contributed by atoms with Gasteiger partial charge in [-0.1, -0.05) is 29.8 Å². The second kappa shape index (κ2) is 5.57. The summed E-state index contributed by atoms with van der Waals surface area (Å²) in [6, 6.07) is 8.32. The molecule has 0 saturated carbocycles. The quantitative estimate of drug-likeness (QED) is 0.917. The maximum absolute atomic E-state index is 12.7.